The first-order chi connectivity index (χ1) is 10.7. The van der Waals surface area contributed by atoms with Gasteiger partial charge in [-0.1, -0.05) is 12.1 Å². The van der Waals surface area contributed by atoms with E-state index in [1.54, 1.807) is 18.2 Å². The van der Waals surface area contributed by atoms with Gasteiger partial charge in [-0.25, -0.2) is 0 Å². The van der Waals surface area contributed by atoms with Crippen LogP contribution in [0.25, 0.3) is 6.08 Å². The minimum Gasteiger partial charge on any atom is -0.504 e. The topological polar surface area (TPSA) is 91.6 Å². The Balaban J connectivity index is 2.09. The largest absolute Gasteiger partial charge is 0.504 e. The van der Waals surface area contributed by atoms with Gasteiger partial charge in [0.15, 0.2) is 11.5 Å². The Morgan fingerprint density at radius 2 is 2.45 bits per heavy atom. The highest BCUT2D eigenvalue weighted by molar-refractivity contribution is 6.02. The van der Waals surface area contributed by atoms with Crippen molar-refractivity contribution >= 4 is 12.0 Å². The predicted molar refractivity (Wildman–Crippen MR) is 80.2 cm³/mol. The van der Waals surface area contributed by atoms with Crippen molar-refractivity contribution in [3.05, 3.63) is 29.3 Å². The lowest BCUT2D eigenvalue weighted by Crippen LogP contribution is -2.32. The summed E-state index contributed by atoms with van der Waals surface area (Å²) in [5, 5.41) is 21.8. The maximum atomic E-state index is 12.0. The zero-order valence-corrected chi connectivity index (χ0v) is 12.3. The quantitative estimate of drug-likeness (QED) is 0.637. The van der Waals surface area contributed by atoms with Crippen LogP contribution < -0.4 is 10.1 Å². The van der Waals surface area contributed by atoms with Crippen LogP contribution in [-0.2, 0) is 9.53 Å². The molecule has 0 spiro atoms. The number of nitrogens with zero attached hydrogens (tertiary/aromatic N) is 1. The van der Waals surface area contributed by atoms with Gasteiger partial charge in [-0.15, -0.1) is 0 Å². The third-order valence-electron chi connectivity index (χ3n) is 3.43. The molecule has 6 heteroatoms. The molecular formula is C16H18N2O4. The molecule has 0 aliphatic carbocycles. The van der Waals surface area contributed by atoms with E-state index in [2.05, 4.69) is 5.32 Å². The minimum atomic E-state index is -0.486. The Morgan fingerprint density at radius 1 is 1.64 bits per heavy atom. The molecule has 1 fully saturated rings. The molecule has 1 atom stereocenters. The molecule has 6 nitrogen and oxygen atoms in total. The molecule has 2 rings (SSSR count). The van der Waals surface area contributed by atoms with Crippen molar-refractivity contribution in [2.45, 2.75) is 18.9 Å². The van der Waals surface area contributed by atoms with E-state index in [-0.39, 0.29) is 23.2 Å². The number of carbonyl (C=O) groups is 1. The summed E-state index contributed by atoms with van der Waals surface area (Å²) in [5.74, 6) is -0.310. The molecular weight excluding hydrogens is 284 g/mol. The highest BCUT2D eigenvalue weighted by Crippen LogP contribution is 2.30. The van der Waals surface area contributed by atoms with Gasteiger partial charge in [-0.2, -0.15) is 5.26 Å². The maximum absolute atomic E-state index is 12.0. The van der Waals surface area contributed by atoms with Crippen molar-refractivity contribution in [1.82, 2.24) is 5.32 Å². The number of aromatic hydroxyl groups is 1. The zero-order chi connectivity index (χ0) is 15.9. The van der Waals surface area contributed by atoms with Gasteiger partial charge >= 0.3 is 0 Å². The van der Waals surface area contributed by atoms with Crippen molar-refractivity contribution in [2.24, 2.45) is 0 Å². The normalized spacial score (nSPS) is 17.8. The minimum absolute atomic E-state index is 0.00844. The van der Waals surface area contributed by atoms with Crippen LogP contribution in [0.2, 0.25) is 0 Å². The first-order valence-corrected chi connectivity index (χ1v) is 7.03. The van der Waals surface area contributed by atoms with Crippen molar-refractivity contribution in [1.29, 1.82) is 5.26 Å². The number of nitriles is 1. The Hall–Kier alpha value is -2.52. The lowest BCUT2D eigenvalue weighted by molar-refractivity contribution is -0.117. The molecule has 0 bridgehead atoms. The molecule has 2 N–H and O–H groups in total. The predicted octanol–water partition coefficient (Wildman–Crippen LogP) is 1.60. The van der Waals surface area contributed by atoms with E-state index in [0.717, 1.165) is 12.8 Å². The van der Waals surface area contributed by atoms with Crippen molar-refractivity contribution < 1.29 is 19.4 Å². The monoisotopic (exact) mass is 302 g/mol. The third-order valence-corrected chi connectivity index (χ3v) is 3.43. The maximum Gasteiger partial charge on any atom is 0.262 e. The smallest absolute Gasteiger partial charge is 0.262 e. The van der Waals surface area contributed by atoms with E-state index in [4.69, 9.17) is 14.7 Å². The summed E-state index contributed by atoms with van der Waals surface area (Å²) < 4.78 is 10.4. The molecule has 0 saturated carbocycles. The molecule has 1 aliphatic rings. The number of carbonyl (C=O) groups excluding carboxylic acids is 1. The number of phenols is 1. The number of nitrogens with one attached hydrogen (secondary N) is 1. The van der Waals surface area contributed by atoms with Crippen LogP contribution in [-0.4, -0.2) is 37.4 Å². The first-order valence-electron chi connectivity index (χ1n) is 7.03. The number of hydrogen-bond acceptors (Lipinski definition) is 5. The number of benzene rings is 1. The van der Waals surface area contributed by atoms with E-state index >= 15 is 0 Å². The Labute approximate surface area is 129 Å². The zero-order valence-electron chi connectivity index (χ0n) is 12.3. The number of methoxy groups -OCH3 is 1. The van der Waals surface area contributed by atoms with Gasteiger partial charge < -0.3 is 19.9 Å². The molecule has 0 aromatic heterocycles. The molecule has 1 amide bonds. The van der Waals surface area contributed by atoms with Gasteiger partial charge in [0.25, 0.3) is 5.91 Å². The second-order valence-electron chi connectivity index (χ2n) is 4.91. The van der Waals surface area contributed by atoms with E-state index in [1.165, 1.54) is 13.2 Å². The Morgan fingerprint density at radius 3 is 3.09 bits per heavy atom. The average Bonchev–Trinajstić information content (AvgIpc) is 3.05. The molecule has 1 aliphatic heterocycles. The summed E-state index contributed by atoms with van der Waals surface area (Å²) in [4.78, 5) is 12.0. The summed E-state index contributed by atoms with van der Waals surface area (Å²) in [6.45, 7) is 1.08. The van der Waals surface area contributed by atoms with Crippen molar-refractivity contribution in [3.63, 3.8) is 0 Å². The first kappa shape index (κ1) is 15.9. The van der Waals surface area contributed by atoms with Crippen LogP contribution >= 0.6 is 0 Å². The van der Waals surface area contributed by atoms with Crippen LogP contribution in [0.1, 0.15) is 18.4 Å². The Kier molecular flexibility index (Phi) is 5.39. The standard InChI is InChI=1S/C16H18N2O4/c1-21-14-6-2-4-11(15(14)19)8-12(9-17)16(20)18-10-13-5-3-7-22-13/h2,4,6,8,13,19H,3,5,7,10H2,1H3,(H,18,20). The summed E-state index contributed by atoms with van der Waals surface area (Å²) in [7, 11) is 1.43. The van der Waals surface area contributed by atoms with Crippen molar-refractivity contribution in [3.8, 4) is 17.6 Å². The fourth-order valence-electron chi connectivity index (χ4n) is 2.23. The van der Waals surface area contributed by atoms with Crippen LogP contribution in [0.3, 0.4) is 0 Å². The number of para-hydroxylation sites is 1. The number of hydrogen-bond donors (Lipinski definition) is 2. The summed E-state index contributed by atoms with van der Waals surface area (Å²) in [6.07, 6.45) is 3.24. The van der Waals surface area contributed by atoms with E-state index in [1.807, 2.05) is 6.07 Å². The molecule has 1 aromatic rings. The van der Waals surface area contributed by atoms with Crippen molar-refractivity contribution in [2.75, 3.05) is 20.3 Å². The molecule has 1 saturated heterocycles. The van der Waals surface area contributed by atoms with Crippen LogP contribution in [0.4, 0.5) is 0 Å². The van der Waals surface area contributed by atoms with Gasteiger partial charge in [-0.3, -0.25) is 4.79 Å². The SMILES string of the molecule is COc1cccc(C=C(C#N)C(=O)NCC2CCCO2)c1O. The second kappa shape index (κ2) is 7.48. The van der Waals surface area contributed by atoms with E-state index in [0.29, 0.717) is 18.7 Å². The lowest BCUT2D eigenvalue weighted by atomic mass is 10.1. The summed E-state index contributed by atoms with van der Waals surface area (Å²) in [6, 6.07) is 6.71. The molecule has 0 radical (unpaired) electrons. The molecule has 1 unspecified atom stereocenters. The van der Waals surface area contributed by atoms with Gasteiger partial charge in [0.1, 0.15) is 11.6 Å². The summed E-state index contributed by atoms with van der Waals surface area (Å²) in [5.41, 5.74) is 0.268. The van der Waals surface area contributed by atoms with Crippen LogP contribution in [0.15, 0.2) is 23.8 Å². The van der Waals surface area contributed by atoms with Gasteiger partial charge in [0.05, 0.1) is 13.2 Å². The fraction of sp³-hybridized carbons (Fsp3) is 0.375. The number of amides is 1. The summed E-state index contributed by atoms with van der Waals surface area (Å²) >= 11 is 0. The second-order valence-corrected chi connectivity index (χ2v) is 4.91. The fourth-order valence-corrected chi connectivity index (χ4v) is 2.23. The van der Waals surface area contributed by atoms with Gasteiger partial charge in [0.2, 0.25) is 0 Å². The molecule has 1 aromatic carbocycles. The molecule has 1 heterocycles. The average molecular weight is 302 g/mol. The van der Waals surface area contributed by atoms with Crippen LogP contribution in [0.5, 0.6) is 11.5 Å². The number of ether oxygens (including phenoxy) is 2. The molecule has 22 heavy (non-hydrogen) atoms. The Bertz CT molecular complexity index is 613. The van der Waals surface area contributed by atoms with Gasteiger partial charge in [0, 0.05) is 18.7 Å². The third kappa shape index (κ3) is 3.77. The number of phenolic OH excluding ortho intramolecular Hbond substituents is 1. The lowest BCUT2D eigenvalue weighted by Gasteiger charge is -2.10. The molecule has 116 valence electrons. The van der Waals surface area contributed by atoms with Crippen LogP contribution in [0, 0.1) is 11.3 Å². The van der Waals surface area contributed by atoms with E-state index in [9.17, 15) is 9.90 Å². The van der Waals surface area contributed by atoms with Gasteiger partial charge in [-0.05, 0) is 25.0 Å². The highest BCUT2D eigenvalue weighted by Gasteiger charge is 2.18. The van der Waals surface area contributed by atoms with E-state index < -0.39 is 5.91 Å². The highest BCUT2D eigenvalue weighted by atomic mass is 16.5. The number of rotatable bonds is 5.